The van der Waals surface area contributed by atoms with Crippen LogP contribution >= 0.6 is 0 Å². The fourth-order valence-electron chi connectivity index (χ4n) is 2.65. The summed E-state index contributed by atoms with van der Waals surface area (Å²) in [7, 11) is 0. The van der Waals surface area contributed by atoms with Crippen molar-refractivity contribution in [2.45, 2.75) is 90.7 Å². The monoisotopic (exact) mass is 287 g/mol. The van der Waals surface area contributed by atoms with Crippen LogP contribution in [0.4, 0.5) is 0 Å². The number of hydrogen-bond donors (Lipinski definition) is 2. The van der Waals surface area contributed by atoms with Crippen molar-refractivity contribution in [3.8, 4) is 0 Å². The Morgan fingerprint density at radius 2 is 1.85 bits per heavy atom. The van der Waals surface area contributed by atoms with Crippen LogP contribution in [-0.4, -0.2) is 36.5 Å². The maximum atomic E-state index is 9.58. The minimum Gasteiger partial charge on any atom is -0.394 e. The van der Waals surface area contributed by atoms with E-state index in [0.29, 0.717) is 6.10 Å². The Balaban J connectivity index is 3.71. The highest BCUT2D eigenvalue weighted by Crippen LogP contribution is 2.17. The molecule has 0 aromatic rings. The van der Waals surface area contributed by atoms with E-state index in [1.165, 1.54) is 32.1 Å². The molecule has 3 nitrogen and oxygen atoms in total. The first-order valence-electron chi connectivity index (χ1n) is 8.61. The number of nitrogens with one attached hydrogen (secondary N) is 1. The van der Waals surface area contributed by atoms with Gasteiger partial charge in [0.25, 0.3) is 0 Å². The lowest BCUT2D eigenvalue weighted by Gasteiger charge is -2.32. The third kappa shape index (κ3) is 8.93. The van der Waals surface area contributed by atoms with E-state index in [2.05, 4.69) is 33.0 Å². The summed E-state index contributed by atoms with van der Waals surface area (Å²) in [4.78, 5) is 0. The minimum absolute atomic E-state index is 0.109. The van der Waals surface area contributed by atoms with Gasteiger partial charge in [-0.05, 0) is 39.2 Å². The lowest BCUT2D eigenvalue weighted by Crippen LogP contribution is -2.48. The van der Waals surface area contributed by atoms with Crippen LogP contribution in [-0.2, 0) is 4.74 Å². The Kier molecular flexibility index (Phi) is 12.5. The molecule has 0 aromatic carbocycles. The van der Waals surface area contributed by atoms with Gasteiger partial charge in [-0.2, -0.15) is 0 Å². The molecule has 0 spiro atoms. The molecule has 0 rings (SSSR count). The molecule has 0 aromatic heterocycles. The van der Waals surface area contributed by atoms with E-state index in [1.807, 2.05) is 0 Å². The summed E-state index contributed by atoms with van der Waals surface area (Å²) < 4.78 is 5.88. The molecule has 122 valence electrons. The van der Waals surface area contributed by atoms with E-state index >= 15 is 0 Å². The van der Waals surface area contributed by atoms with Gasteiger partial charge in [-0.1, -0.05) is 46.5 Å². The molecule has 20 heavy (non-hydrogen) atoms. The maximum absolute atomic E-state index is 9.58. The molecule has 0 radical (unpaired) electrons. The lowest BCUT2D eigenvalue weighted by molar-refractivity contribution is 0.0475. The van der Waals surface area contributed by atoms with Gasteiger partial charge in [0.15, 0.2) is 0 Å². The molecule has 0 saturated heterocycles. The zero-order valence-corrected chi connectivity index (χ0v) is 14.2. The molecule has 2 unspecified atom stereocenters. The second kappa shape index (κ2) is 12.6. The van der Waals surface area contributed by atoms with Gasteiger partial charge in [-0.25, -0.2) is 0 Å². The molecule has 0 aliphatic heterocycles. The quantitative estimate of drug-likeness (QED) is 0.476. The van der Waals surface area contributed by atoms with Crippen molar-refractivity contribution >= 4 is 0 Å². The lowest BCUT2D eigenvalue weighted by atomic mass is 9.91. The fourth-order valence-corrected chi connectivity index (χ4v) is 2.65. The Hall–Kier alpha value is -0.120. The smallest absolute Gasteiger partial charge is 0.0613 e. The second-order valence-corrected chi connectivity index (χ2v) is 5.96. The molecular weight excluding hydrogens is 250 g/mol. The average molecular weight is 287 g/mol. The Morgan fingerprint density at radius 1 is 1.10 bits per heavy atom. The van der Waals surface area contributed by atoms with Crippen molar-refractivity contribution in [1.82, 2.24) is 5.32 Å². The molecule has 0 amide bonds. The number of hydrogen-bond acceptors (Lipinski definition) is 3. The highest BCUT2D eigenvalue weighted by Gasteiger charge is 2.25. The van der Waals surface area contributed by atoms with E-state index in [9.17, 15) is 5.11 Å². The summed E-state index contributed by atoms with van der Waals surface area (Å²) in [5.74, 6) is 0. The normalized spacial score (nSPS) is 16.1. The number of aliphatic hydroxyl groups is 1. The molecule has 0 aliphatic rings. The SMILES string of the molecule is CCCCCCC(C)OCCCC(CC)(CO)NCC. The van der Waals surface area contributed by atoms with Gasteiger partial charge in [-0.15, -0.1) is 0 Å². The Bertz CT molecular complexity index is 205. The zero-order chi connectivity index (χ0) is 15.3. The van der Waals surface area contributed by atoms with Gasteiger partial charge >= 0.3 is 0 Å². The molecule has 2 N–H and O–H groups in total. The number of rotatable bonds is 14. The van der Waals surface area contributed by atoms with E-state index in [4.69, 9.17) is 4.74 Å². The van der Waals surface area contributed by atoms with Crippen molar-refractivity contribution < 1.29 is 9.84 Å². The summed E-state index contributed by atoms with van der Waals surface area (Å²) in [5, 5.41) is 13.0. The van der Waals surface area contributed by atoms with E-state index in [1.54, 1.807) is 0 Å². The van der Waals surface area contributed by atoms with Crippen LogP contribution in [0, 0.1) is 0 Å². The van der Waals surface area contributed by atoms with Crippen molar-refractivity contribution in [2.24, 2.45) is 0 Å². The van der Waals surface area contributed by atoms with Gasteiger partial charge in [0.1, 0.15) is 0 Å². The van der Waals surface area contributed by atoms with Gasteiger partial charge in [0, 0.05) is 12.1 Å². The van der Waals surface area contributed by atoms with E-state index in [0.717, 1.165) is 32.4 Å². The molecule has 0 heterocycles. The molecule has 0 aliphatic carbocycles. The van der Waals surface area contributed by atoms with Crippen LogP contribution in [0.25, 0.3) is 0 Å². The number of unbranched alkanes of at least 4 members (excludes halogenated alkanes) is 3. The van der Waals surface area contributed by atoms with Crippen molar-refractivity contribution in [3.05, 3.63) is 0 Å². The minimum atomic E-state index is -0.109. The molecule has 0 saturated carbocycles. The van der Waals surface area contributed by atoms with Gasteiger partial charge in [0.05, 0.1) is 12.7 Å². The van der Waals surface area contributed by atoms with Crippen LogP contribution in [0.5, 0.6) is 0 Å². The molecule has 3 heteroatoms. The number of likely N-dealkylation sites (N-methyl/N-ethyl adjacent to an activating group) is 1. The van der Waals surface area contributed by atoms with Crippen LogP contribution in [0.3, 0.4) is 0 Å². The van der Waals surface area contributed by atoms with Crippen LogP contribution in [0.1, 0.15) is 79.1 Å². The summed E-state index contributed by atoms with van der Waals surface area (Å²) in [6, 6.07) is 0. The van der Waals surface area contributed by atoms with Crippen molar-refractivity contribution in [3.63, 3.8) is 0 Å². The third-order valence-electron chi connectivity index (χ3n) is 4.20. The van der Waals surface area contributed by atoms with Gasteiger partial charge < -0.3 is 15.2 Å². The number of aliphatic hydroxyl groups excluding tert-OH is 1. The average Bonchev–Trinajstić information content (AvgIpc) is 2.47. The fraction of sp³-hybridized carbons (Fsp3) is 1.00. The Morgan fingerprint density at radius 3 is 2.40 bits per heavy atom. The van der Waals surface area contributed by atoms with E-state index in [-0.39, 0.29) is 12.1 Å². The summed E-state index contributed by atoms with van der Waals surface area (Å²) in [5.41, 5.74) is -0.109. The summed E-state index contributed by atoms with van der Waals surface area (Å²) in [6.45, 7) is 10.6. The predicted octanol–water partition coefficient (Wildman–Crippen LogP) is 3.89. The maximum Gasteiger partial charge on any atom is 0.0613 e. The van der Waals surface area contributed by atoms with Crippen LogP contribution in [0.2, 0.25) is 0 Å². The van der Waals surface area contributed by atoms with E-state index < -0.39 is 0 Å². The third-order valence-corrected chi connectivity index (χ3v) is 4.20. The standard InChI is InChI=1S/C17H37NO2/c1-5-8-9-10-12-16(4)20-14-11-13-17(6-2,15-19)18-7-3/h16,18-19H,5-15H2,1-4H3. The summed E-state index contributed by atoms with van der Waals surface area (Å²) >= 11 is 0. The van der Waals surface area contributed by atoms with Crippen molar-refractivity contribution in [1.29, 1.82) is 0 Å². The largest absolute Gasteiger partial charge is 0.394 e. The van der Waals surface area contributed by atoms with Gasteiger partial charge in [0.2, 0.25) is 0 Å². The topological polar surface area (TPSA) is 41.5 Å². The highest BCUT2D eigenvalue weighted by atomic mass is 16.5. The predicted molar refractivity (Wildman–Crippen MR) is 87.2 cm³/mol. The van der Waals surface area contributed by atoms with Crippen LogP contribution in [0.15, 0.2) is 0 Å². The first kappa shape index (κ1) is 19.9. The van der Waals surface area contributed by atoms with Crippen molar-refractivity contribution in [2.75, 3.05) is 19.8 Å². The van der Waals surface area contributed by atoms with Crippen LogP contribution < -0.4 is 5.32 Å². The molecule has 2 atom stereocenters. The highest BCUT2D eigenvalue weighted by molar-refractivity contribution is 4.85. The van der Waals surface area contributed by atoms with Gasteiger partial charge in [-0.3, -0.25) is 0 Å². The summed E-state index contributed by atoms with van der Waals surface area (Å²) in [6.07, 6.45) is 9.74. The zero-order valence-electron chi connectivity index (χ0n) is 14.2. The first-order chi connectivity index (χ1) is 9.64. The molecular formula is C17H37NO2. The Labute approximate surface area is 126 Å². The second-order valence-electron chi connectivity index (χ2n) is 5.96. The molecule has 0 fully saturated rings. The number of ether oxygens (including phenoxy) is 1. The first-order valence-corrected chi connectivity index (χ1v) is 8.61. The molecule has 0 bridgehead atoms.